The zero-order chi connectivity index (χ0) is 35.9. The molecular weight excluding hydrogens is 600 g/mol. The highest BCUT2D eigenvalue weighted by molar-refractivity contribution is 5.96. The predicted octanol–water partition coefficient (Wildman–Crippen LogP) is 10.6. The van der Waals surface area contributed by atoms with E-state index in [2.05, 4.69) is 94.2 Å². The number of anilines is 3. The lowest BCUT2D eigenvalue weighted by Crippen LogP contribution is -2.32. The molecule has 1 rings (SSSR count). The number of amides is 6. The third-order valence-corrected chi connectivity index (χ3v) is 8.91. The third-order valence-electron chi connectivity index (χ3n) is 8.91. The molecule has 6 N–H and O–H groups in total. The number of carbonyl (C=O) groups excluding carboxylic acids is 3. The lowest BCUT2D eigenvalue weighted by atomic mass is 9.97. The second-order valence-corrected chi connectivity index (χ2v) is 15.6. The van der Waals surface area contributed by atoms with Crippen LogP contribution >= 0.6 is 0 Å². The minimum Gasteiger partial charge on any atom is -0.338 e. The van der Waals surface area contributed by atoms with Gasteiger partial charge in [-0.1, -0.05) is 120 Å². The topological polar surface area (TPSA) is 123 Å². The minimum atomic E-state index is -0.320. The predicted molar refractivity (Wildman–Crippen MR) is 205 cm³/mol. The van der Waals surface area contributed by atoms with E-state index in [9.17, 15) is 14.4 Å². The number of urea groups is 3. The Morgan fingerprint density at radius 3 is 0.896 bits per heavy atom. The molecule has 0 radical (unpaired) electrons. The molecule has 0 heterocycles. The summed E-state index contributed by atoms with van der Waals surface area (Å²) in [5, 5.41) is 17.5. The maximum Gasteiger partial charge on any atom is 0.319 e. The van der Waals surface area contributed by atoms with Crippen molar-refractivity contribution < 1.29 is 14.4 Å². The van der Waals surface area contributed by atoms with E-state index in [1.165, 1.54) is 38.5 Å². The van der Waals surface area contributed by atoms with Crippen molar-refractivity contribution in [2.45, 2.75) is 139 Å². The standard InChI is InChI=1S/C39H72N6O3/c1-28(2)13-10-16-31(7)19-22-40-37(46)43-34-25-35(44-38(47)41-23-20-32(8)17-11-14-29(3)4)27-36(26-34)45-39(48)42-24-21-33(9)18-12-15-30(5)6/h25-33H,10-24H2,1-9H3,(H2,40,43,46)(H2,41,44,47)(H2,42,45,48)/t31-,32-,33-/m0/s1. The minimum absolute atomic E-state index is 0.320. The van der Waals surface area contributed by atoms with Crippen molar-refractivity contribution in [2.75, 3.05) is 35.6 Å². The lowest BCUT2D eigenvalue weighted by Gasteiger charge is -2.16. The van der Waals surface area contributed by atoms with Crippen LogP contribution in [0.5, 0.6) is 0 Å². The van der Waals surface area contributed by atoms with Crippen LogP contribution in [0.3, 0.4) is 0 Å². The Balaban J connectivity index is 2.76. The molecule has 1 aromatic carbocycles. The Morgan fingerprint density at radius 1 is 0.417 bits per heavy atom. The fraction of sp³-hybridized carbons (Fsp3) is 0.769. The molecule has 0 unspecified atom stereocenters. The van der Waals surface area contributed by atoms with Gasteiger partial charge in [-0.25, -0.2) is 14.4 Å². The van der Waals surface area contributed by atoms with Crippen LogP contribution in [0.25, 0.3) is 0 Å². The van der Waals surface area contributed by atoms with E-state index >= 15 is 0 Å². The molecule has 0 fully saturated rings. The first-order valence-electron chi connectivity index (χ1n) is 19.0. The Morgan fingerprint density at radius 2 is 0.667 bits per heavy atom. The number of nitrogens with one attached hydrogen (secondary N) is 6. The van der Waals surface area contributed by atoms with E-state index in [0.29, 0.717) is 72.2 Å². The van der Waals surface area contributed by atoms with Gasteiger partial charge in [0.05, 0.1) is 0 Å². The maximum atomic E-state index is 12.8. The average Bonchev–Trinajstić information content (AvgIpc) is 2.96. The monoisotopic (exact) mass is 673 g/mol. The maximum absolute atomic E-state index is 12.8. The molecule has 0 bridgehead atoms. The molecule has 0 aromatic heterocycles. The fourth-order valence-corrected chi connectivity index (χ4v) is 5.72. The molecule has 0 aliphatic rings. The number of hydrogen-bond donors (Lipinski definition) is 6. The average molecular weight is 673 g/mol. The summed E-state index contributed by atoms with van der Waals surface area (Å²) in [6.07, 6.45) is 13.5. The highest BCUT2D eigenvalue weighted by Crippen LogP contribution is 2.24. The van der Waals surface area contributed by atoms with Crippen molar-refractivity contribution in [3.05, 3.63) is 18.2 Å². The number of rotatable bonds is 24. The van der Waals surface area contributed by atoms with E-state index in [-0.39, 0.29) is 18.1 Å². The van der Waals surface area contributed by atoms with E-state index in [4.69, 9.17) is 0 Å². The first-order valence-corrected chi connectivity index (χ1v) is 19.0. The number of carbonyl (C=O) groups is 3. The normalized spacial score (nSPS) is 13.2. The summed E-state index contributed by atoms with van der Waals surface area (Å²) in [7, 11) is 0. The molecule has 0 saturated carbocycles. The van der Waals surface area contributed by atoms with Crippen LogP contribution in [-0.2, 0) is 0 Å². The van der Waals surface area contributed by atoms with Crippen molar-refractivity contribution in [2.24, 2.45) is 35.5 Å². The van der Waals surface area contributed by atoms with E-state index in [1.807, 2.05) is 0 Å². The van der Waals surface area contributed by atoms with Gasteiger partial charge in [0, 0.05) is 36.7 Å². The SMILES string of the molecule is CC(C)CCC[C@H](C)CCNC(=O)Nc1cc(NC(=O)NCC[C@@H](C)CCCC(C)C)cc(NC(=O)NCC[C@@H](C)CCCC(C)C)c1. The number of hydrogen-bond acceptors (Lipinski definition) is 3. The highest BCUT2D eigenvalue weighted by Gasteiger charge is 2.12. The van der Waals surface area contributed by atoms with Crippen LogP contribution in [0.2, 0.25) is 0 Å². The zero-order valence-corrected chi connectivity index (χ0v) is 32.0. The third kappa shape index (κ3) is 23.4. The van der Waals surface area contributed by atoms with Crippen LogP contribution in [-0.4, -0.2) is 37.7 Å². The first-order chi connectivity index (χ1) is 22.7. The van der Waals surface area contributed by atoms with Crippen molar-refractivity contribution >= 4 is 35.2 Å². The zero-order valence-electron chi connectivity index (χ0n) is 32.0. The summed E-state index contributed by atoms with van der Waals surface area (Å²) >= 11 is 0. The van der Waals surface area contributed by atoms with Crippen LogP contribution in [0.1, 0.15) is 139 Å². The summed E-state index contributed by atoms with van der Waals surface area (Å²) < 4.78 is 0. The van der Waals surface area contributed by atoms with Gasteiger partial charge in [-0.3, -0.25) is 0 Å². The summed E-state index contributed by atoms with van der Waals surface area (Å²) in [6, 6.07) is 4.14. The molecule has 1 aromatic rings. The number of benzene rings is 1. The van der Waals surface area contributed by atoms with Gasteiger partial charge >= 0.3 is 18.1 Å². The molecule has 0 saturated heterocycles. The smallest absolute Gasteiger partial charge is 0.319 e. The van der Waals surface area contributed by atoms with Gasteiger partial charge < -0.3 is 31.9 Å². The Labute approximate surface area is 293 Å². The molecule has 0 aliphatic carbocycles. The van der Waals surface area contributed by atoms with Crippen LogP contribution in [0.15, 0.2) is 18.2 Å². The van der Waals surface area contributed by atoms with Crippen molar-refractivity contribution in [3.63, 3.8) is 0 Å². The molecule has 0 aliphatic heterocycles. The summed E-state index contributed by atoms with van der Waals surface area (Å²) in [5.41, 5.74) is 1.43. The summed E-state index contributed by atoms with van der Waals surface area (Å²) in [4.78, 5) is 38.3. The Kier molecular flexibility index (Phi) is 22.5. The molecule has 0 spiro atoms. The van der Waals surface area contributed by atoms with E-state index in [1.54, 1.807) is 18.2 Å². The fourth-order valence-electron chi connectivity index (χ4n) is 5.72. The first kappa shape index (κ1) is 43.1. The summed E-state index contributed by atoms with van der Waals surface area (Å²) in [6.45, 7) is 21.9. The van der Waals surface area contributed by atoms with Gasteiger partial charge in [0.15, 0.2) is 0 Å². The molecular formula is C39H72N6O3. The molecule has 3 atom stereocenters. The molecule has 6 amide bonds. The second kappa shape index (κ2) is 25.1. The Hall–Kier alpha value is -2.97. The molecule has 276 valence electrons. The van der Waals surface area contributed by atoms with Gasteiger partial charge in [0.25, 0.3) is 0 Å². The molecule has 48 heavy (non-hydrogen) atoms. The van der Waals surface area contributed by atoms with E-state index < -0.39 is 0 Å². The molecule has 9 heteroatoms. The van der Waals surface area contributed by atoms with Crippen LogP contribution in [0.4, 0.5) is 31.4 Å². The Bertz CT molecular complexity index is 904. The van der Waals surface area contributed by atoms with Gasteiger partial charge in [-0.15, -0.1) is 0 Å². The van der Waals surface area contributed by atoms with Crippen molar-refractivity contribution in [3.8, 4) is 0 Å². The van der Waals surface area contributed by atoms with Crippen molar-refractivity contribution in [1.29, 1.82) is 0 Å². The highest BCUT2D eigenvalue weighted by atomic mass is 16.2. The largest absolute Gasteiger partial charge is 0.338 e. The summed E-state index contributed by atoms with van der Waals surface area (Å²) in [5.74, 6) is 3.75. The van der Waals surface area contributed by atoms with Crippen LogP contribution < -0.4 is 31.9 Å². The second-order valence-electron chi connectivity index (χ2n) is 15.6. The van der Waals surface area contributed by atoms with Gasteiger partial charge in [0.2, 0.25) is 0 Å². The quantitative estimate of drug-likeness (QED) is 0.0655. The molecule has 9 nitrogen and oxygen atoms in total. The van der Waals surface area contributed by atoms with E-state index in [0.717, 1.165) is 38.5 Å². The van der Waals surface area contributed by atoms with Crippen molar-refractivity contribution in [1.82, 2.24) is 16.0 Å². The van der Waals surface area contributed by atoms with Gasteiger partial charge in [-0.2, -0.15) is 0 Å². The van der Waals surface area contributed by atoms with Gasteiger partial charge in [0.1, 0.15) is 0 Å². The van der Waals surface area contributed by atoms with Gasteiger partial charge in [-0.05, 0) is 73.0 Å². The van der Waals surface area contributed by atoms with Crippen LogP contribution in [0, 0.1) is 35.5 Å². The lowest BCUT2D eigenvalue weighted by molar-refractivity contribution is 0.250.